The number of alkyl halides is 3. The van der Waals surface area contributed by atoms with Crippen molar-refractivity contribution in [3.63, 3.8) is 0 Å². The molecule has 2 rings (SSSR count). The van der Waals surface area contributed by atoms with Crippen LogP contribution in [0.5, 0.6) is 0 Å². The lowest BCUT2D eigenvalue weighted by molar-refractivity contribution is -0.138. The molecule has 0 amide bonds. The van der Waals surface area contributed by atoms with Crippen molar-refractivity contribution >= 4 is 0 Å². The van der Waals surface area contributed by atoms with Crippen LogP contribution in [0.25, 0.3) is 0 Å². The molecule has 0 spiro atoms. The van der Waals surface area contributed by atoms with Crippen LogP contribution in [0.1, 0.15) is 44.2 Å². The molecule has 0 bridgehead atoms. The Kier molecular flexibility index (Phi) is 6.64. The van der Waals surface area contributed by atoms with Gasteiger partial charge in [-0.15, -0.1) is 0 Å². The average Bonchev–Trinajstić information content (AvgIpc) is 2.59. The van der Waals surface area contributed by atoms with Gasteiger partial charge in [0.05, 0.1) is 17.0 Å². The summed E-state index contributed by atoms with van der Waals surface area (Å²) in [5.74, 6) is -0.889. The van der Waals surface area contributed by atoms with E-state index in [2.05, 4.69) is 11.4 Å². The highest BCUT2D eigenvalue weighted by atomic mass is 19.4. The monoisotopic (exact) mass is 371 g/mol. The Morgan fingerprint density at radius 3 is 2.46 bits per heavy atom. The molecule has 1 aromatic carbocycles. The van der Waals surface area contributed by atoms with Crippen LogP contribution in [0.2, 0.25) is 0 Å². The molecule has 0 atom stereocenters. The minimum absolute atomic E-state index is 0.0761. The van der Waals surface area contributed by atoms with Gasteiger partial charge in [0.1, 0.15) is 5.82 Å². The molecule has 1 fully saturated rings. The van der Waals surface area contributed by atoms with E-state index in [1.54, 1.807) is 0 Å². The minimum Gasteiger partial charge on any atom is -0.317 e. The Balaban J connectivity index is 2.25. The molecule has 3 nitrogen and oxygen atoms in total. The van der Waals surface area contributed by atoms with Crippen molar-refractivity contribution in [1.82, 2.24) is 10.2 Å². The summed E-state index contributed by atoms with van der Waals surface area (Å²) in [6, 6.07) is 5.25. The largest absolute Gasteiger partial charge is 0.416 e. The van der Waals surface area contributed by atoms with E-state index in [0.717, 1.165) is 32.0 Å². The minimum atomic E-state index is -4.59. The average molecular weight is 371 g/mol. The molecule has 26 heavy (non-hydrogen) atoms. The smallest absolute Gasteiger partial charge is 0.317 e. The fraction of sp³-hybridized carbons (Fsp3) is 0.632. The Hall–Kier alpha value is -1.65. The first-order valence-corrected chi connectivity index (χ1v) is 8.84. The third kappa shape index (κ3) is 5.68. The van der Waals surface area contributed by atoms with Gasteiger partial charge in [-0.3, -0.25) is 4.90 Å². The van der Waals surface area contributed by atoms with E-state index in [4.69, 9.17) is 0 Å². The number of nitriles is 1. The van der Waals surface area contributed by atoms with Crippen molar-refractivity contribution in [3.8, 4) is 6.07 Å². The van der Waals surface area contributed by atoms with Gasteiger partial charge in [0.15, 0.2) is 0 Å². The maximum absolute atomic E-state index is 13.4. The summed E-state index contributed by atoms with van der Waals surface area (Å²) < 4.78 is 53.3. The number of rotatable bonds is 6. The van der Waals surface area contributed by atoms with E-state index in [-0.39, 0.29) is 18.2 Å². The topological polar surface area (TPSA) is 39.1 Å². The predicted molar refractivity (Wildman–Crippen MR) is 91.7 cm³/mol. The fourth-order valence-corrected chi connectivity index (χ4v) is 3.21. The summed E-state index contributed by atoms with van der Waals surface area (Å²) in [7, 11) is 0. The Bertz CT molecular complexity index is 643. The molecule has 1 saturated heterocycles. The second-order valence-corrected chi connectivity index (χ2v) is 7.50. The number of nitrogens with one attached hydrogen (secondary N) is 1. The maximum atomic E-state index is 13.4. The van der Waals surface area contributed by atoms with Gasteiger partial charge in [-0.2, -0.15) is 18.4 Å². The summed E-state index contributed by atoms with van der Waals surface area (Å²) in [6.45, 7) is 5.91. The van der Waals surface area contributed by atoms with Crippen molar-refractivity contribution in [1.29, 1.82) is 5.26 Å². The lowest BCUT2D eigenvalue weighted by atomic mass is 9.90. The number of benzene rings is 1. The predicted octanol–water partition coefficient (Wildman–Crippen LogP) is 4.34. The lowest BCUT2D eigenvalue weighted by Crippen LogP contribution is -2.44. The van der Waals surface area contributed by atoms with Gasteiger partial charge in [-0.05, 0) is 63.9 Å². The lowest BCUT2D eigenvalue weighted by Gasteiger charge is -2.36. The molecule has 0 radical (unpaired) electrons. The zero-order valence-electron chi connectivity index (χ0n) is 15.2. The summed E-state index contributed by atoms with van der Waals surface area (Å²) >= 11 is 0. The van der Waals surface area contributed by atoms with Crippen LogP contribution >= 0.6 is 0 Å². The van der Waals surface area contributed by atoms with Crippen molar-refractivity contribution < 1.29 is 17.6 Å². The second kappa shape index (κ2) is 8.36. The van der Waals surface area contributed by atoms with Gasteiger partial charge in [0, 0.05) is 19.1 Å². The summed E-state index contributed by atoms with van der Waals surface area (Å²) in [4.78, 5) is 2.02. The van der Waals surface area contributed by atoms with Crippen LogP contribution in [0.15, 0.2) is 18.2 Å². The molecule has 1 heterocycles. The van der Waals surface area contributed by atoms with Crippen LogP contribution in [0.3, 0.4) is 0 Å². The van der Waals surface area contributed by atoms with Gasteiger partial charge in [0.2, 0.25) is 0 Å². The zero-order chi connectivity index (χ0) is 19.4. The highest BCUT2D eigenvalue weighted by Crippen LogP contribution is 2.34. The Labute approximate surface area is 152 Å². The van der Waals surface area contributed by atoms with Crippen LogP contribution in [-0.2, 0) is 12.7 Å². The molecule has 0 aromatic heterocycles. The van der Waals surface area contributed by atoms with E-state index in [9.17, 15) is 22.8 Å². The van der Waals surface area contributed by atoms with Crippen LogP contribution in [-0.4, -0.2) is 30.6 Å². The maximum Gasteiger partial charge on any atom is 0.416 e. The number of hydrogen-bond donors (Lipinski definition) is 1. The highest BCUT2D eigenvalue weighted by Gasteiger charge is 2.35. The van der Waals surface area contributed by atoms with E-state index in [1.165, 1.54) is 6.07 Å². The van der Waals surface area contributed by atoms with E-state index >= 15 is 0 Å². The number of halogens is 4. The molecule has 0 unspecified atom stereocenters. The number of nitrogens with zero attached hydrogens (tertiary/aromatic N) is 2. The van der Waals surface area contributed by atoms with E-state index in [0.29, 0.717) is 19.0 Å². The van der Waals surface area contributed by atoms with Crippen LogP contribution in [0.4, 0.5) is 17.6 Å². The Morgan fingerprint density at radius 1 is 1.23 bits per heavy atom. The van der Waals surface area contributed by atoms with Gasteiger partial charge in [-0.1, -0.05) is 6.07 Å². The molecule has 0 saturated carbocycles. The van der Waals surface area contributed by atoms with Crippen molar-refractivity contribution in [2.75, 3.05) is 19.6 Å². The number of hydrogen-bond acceptors (Lipinski definition) is 3. The molecule has 144 valence electrons. The van der Waals surface area contributed by atoms with Crippen LogP contribution < -0.4 is 5.32 Å². The molecule has 7 heteroatoms. The first-order chi connectivity index (χ1) is 12.1. The molecular weight excluding hydrogens is 346 g/mol. The molecule has 0 aliphatic carbocycles. The highest BCUT2D eigenvalue weighted by molar-refractivity contribution is 5.30. The molecular formula is C19H25F4N3. The standard InChI is InChI=1S/C19H25F4N3/c1-18(2,13-24)7-10-26(16-5-8-25-9-6-16)12-14-3-4-15(20)11-17(14)19(21,22)23/h3-4,11,16,25H,5-10,12H2,1-2H3. The van der Waals surface area contributed by atoms with Crippen LogP contribution in [0, 0.1) is 22.6 Å². The summed E-state index contributed by atoms with van der Waals surface area (Å²) in [5.41, 5.74) is -1.39. The third-order valence-corrected chi connectivity index (χ3v) is 4.90. The van der Waals surface area contributed by atoms with Crippen molar-refractivity contribution in [2.24, 2.45) is 5.41 Å². The van der Waals surface area contributed by atoms with E-state index in [1.807, 2.05) is 18.7 Å². The van der Waals surface area contributed by atoms with Gasteiger partial charge >= 0.3 is 6.18 Å². The normalized spacial score (nSPS) is 16.7. The van der Waals surface area contributed by atoms with E-state index < -0.39 is 23.0 Å². The second-order valence-electron chi connectivity index (χ2n) is 7.50. The molecule has 1 N–H and O–H groups in total. The van der Waals surface area contributed by atoms with Gasteiger partial charge in [0.25, 0.3) is 0 Å². The van der Waals surface area contributed by atoms with Gasteiger partial charge in [-0.25, -0.2) is 4.39 Å². The zero-order valence-corrected chi connectivity index (χ0v) is 15.2. The molecule has 1 aliphatic heterocycles. The first-order valence-electron chi connectivity index (χ1n) is 8.84. The quantitative estimate of drug-likeness (QED) is 0.756. The molecule has 1 aromatic rings. The van der Waals surface area contributed by atoms with Gasteiger partial charge < -0.3 is 5.32 Å². The molecule has 1 aliphatic rings. The Morgan fingerprint density at radius 2 is 1.88 bits per heavy atom. The number of piperidine rings is 1. The van der Waals surface area contributed by atoms with Crippen molar-refractivity contribution in [3.05, 3.63) is 35.1 Å². The summed E-state index contributed by atoms with van der Waals surface area (Å²) in [5, 5.41) is 12.5. The summed E-state index contributed by atoms with van der Waals surface area (Å²) in [6.07, 6.45) is -2.34. The SMILES string of the molecule is CC(C)(C#N)CCN(Cc1ccc(F)cc1C(F)(F)F)C1CCNCC1. The van der Waals surface area contributed by atoms with Crippen molar-refractivity contribution in [2.45, 2.75) is 51.9 Å². The first kappa shape index (κ1) is 20.7. The third-order valence-electron chi connectivity index (χ3n) is 4.90. The fourth-order valence-electron chi connectivity index (χ4n) is 3.21.